The summed E-state index contributed by atoms with van der Waals surface area (Å²) in [4.78, 5) is 16.6. The number of hydroxylamine groups is 2. The molecule has 0 radical (unpaired) electrons. The van der Waals surface area contributed by atoms with E-state index in [4.69, 9.17) is 9.36 Å². The highest BCUT2D eigenvalue weighted by Crippen LogP contribution is 2.24. The van der Waals surface area contributed by atoms with E-state index in [-0.39, 0.29) is 12.0 Å². The predicted octanol–water partition coefficient (Wildman–Crippen LogP) is 1.32. The molecule has 1 fully saturated rings. The molecule has 1 aliphatic rings. The average Bonchev–Trinajstić information content (AvgIpc) is 2.44. The van der Waals surface area contributed by atoms with Crippen molar-refractivity contribution in [1.29, 1.82) is 0 Å². The number of hydrogen-bond acceptors (Lipinski definition) is 5. The zero-order chi connectivity index (χ0) is 11.6. The Morgan fingerprint density at radius 3 is 2.53 bits per heavy atom. The fourth-order valence-corrected chi connectivity index (χ4v) is 2.08. The molecular weight excluding hydrogens is 214 g/mol. The second-order valence-electron chi connectivity index (χ2n) is 4.69. The van der Waals surface area contributed by atoms with Crippen LogP contribution in [0.3, 0.4) is 0 Å². The summed E-state index contributed by atoms with van der Waals surface area (Å²) in [5, 5.41) is 1.45. The van der Waals surface area contributed by atoms with Gasteiger partial charge in [-0.2, -0.15) is 0 Å². The summed E-state index contributed by atoms with van der Waals surface area (Å²) < 4.78 is 10.3. The molecule has 1 heterocycles. The van der Waals surface area contributed by atoms with Crippen molar-refractivity contribution in [2.45, 2.75) is 45.1 Å². The SMILES string of the molecule is COC(=O)C1CC(C)N(O[Si](C)(C)C)O1. The first-order chi connectivity index (χ1) is 6.83. The molecule has 0 amide bonds. The maximum Gasteiger partial charge on any atom is 0.337 e. The zero-order valence-electron chi connectivity index (χ0n) is 9.94. The van der Waals surface area contributed by atoms with Crippen LogP contribution in [0.1, 0.15) is 13.3 Å². The van der Waals surface area contributed by atoms with Gasteiger partial charge in [0.25, 0.3) is 0 Å². The molecule has 6 heteroatoms. The van der Waals surface area contributed by atoms with Gasteiger partial charge < -0.3 is 9.26 Å². The minimum Gasteiger partial charge on any atom is -0.467 e. The molecule has 0 N–H and O–H groups in total. The van der Waals surface area contributed by atoms with E-state index in [1.54, 1.807) is 0 Å². The van der Waals surface area contributed by atoms with E-state index in [1.165, 1.54) is 12.3 Å². The third-order valence-electron chi connectivity index (χ3n) is 1.97. The molecule has 88 valence electrons. The molecule has 15 heavy (non-hydrogen) atoms. The first-order valence-electron chi connectivity index (χ1n) is 5.06. The third-order valence-corrected chi connectivity index (χ3v) is 2.70. The lowest BCUT2D eigenvalue weighted by atomic mass is 10.2. The standard InChI is InChI=1S/C9H19NO4Si/c1-7-6-8(9(11)12-2)13-10(7)14-15(3,4)5/h7-8H,6H2,1-5H3. The molecule has 1 aliphatic heterocycles. The lowest BCUT2D eigenvalue weighted by Gasteiger charge is -2.26. The third kappa shape index (κ3) is 3.56. The Balaban J connectivity index is 2.53. The van der Waals surface area contributed by atoms with Crippen molar-refractivity contribution >= 4 is 14.3 Å². The van der Waals surface area contributed by atoms with Crippen LogP contribution in [-0.4, -0.2) is 38.8 Å². The van der Waals surface area contributed by atoms with Crippen LogP contribution in [0.5, 0.6) is 0 Å². The van der Waals surface area contributed by atoms with Gasteiger partial charge in [-0.1, -0.05) is 5.23 Å². The highest BCUT2D eigenvalue weighted by Gasteiger charge is 2.38. The summed E-state index contributed by atoms with van der Waals surface area (Å²) in [6.07, 6.45) is 0.0818. The molecule has 1 rings (SSSR count). The number of hydrogen-bond donors (Lipinski definition) is 0. The summed E-state index contributed by atoms with van der Waals surface area (Å²) in [6, 6.07) is 0.0841. The lowest BCUT2D eigenvalue weighted by molar-refractivity contribution is -0.321. The quantitative estimate of drug-likeness (QED) is 0.543. The van der Waals surface area contributed by atoms with Crippen molar-refractivity contribution in [1.82, 2.24) is 5.23 Å². The Morgan fingerprint density at radius 2 is 2.07 bits per heavy atom. The molecule has 2 unspecified atom stereocenters. The van der Waals surface area contributed by atoms with E-state index in [2.05, 4.69) is 24.4 Å². The van der Waals surface area contributed by atoms with Crippen molar-refractivity contribution in [3.8, 4) is 0 Å². The van der Waals surface area contributed by atoms with Crippen LogP contribution in [0.4, 0.5) is 0 Å². The van der Waals surface area contributed by atoms with E-state index >= 15 is 0 Å². The van der Waals surface area contributed by atoms with Gasteiger partial charge in [0, 0.05) is 6.42 Å². The van der Waals surface area contributed by atoms with Gasteiger partial charge >= 0.3 is 5.97 Å². The predicted molar refractivity (Wildman–Crippen MR) is 57.2 cm³/mol. The van der Waals surface area contributed by atoms with E-state index < -0.39 is 14.4 Å². The average molecular weight is 233 g/mol. The topological polar surface area (TPSA) is 48.0 Å². The van der Waals surface area contributed by atoms with Gasteiger partial charge in [0.1, 0.15) is 0 Å². The number of carbonyl (C=O) groups is 1. The largest absolute Gasteiger partial charge is 0.467 e. The number of ether oxygens (including phenoxy) is 1. The Morgan fingerprint density at radius 1 is 1.47 bits per heavy atom. The minimum absolute atomic E-state index is 0.0841. The van der Waals surface area contributed by atoms with E-state index in [0.717, 1.165) is 0 Å². The smallest absolute Gasteiger partial charge is 0.337 e. The maximum absolute atomic E-state index is 11.3. The summed E-state index contributed by atoms with van der Waals surface area (Å²) in [7, 11) is -0.330. The number of nitrogens with zero attached hydrogens (tertiary/aromatic N) is 1. The number of carbonyl (C=O) groups excluding carboxylic acids is 1. The molecule has 0 aliphatic carbocycles. The monoisotopic (exact) mass is 233 g/mol. The Kier molecular flexibility index (Phi) is 3.88. The van der Waals surface area contributed by atoms with Crippen molar-refractivity contribution in [2.75, 3.05) is 7.11 Å². The van der Waals surface area contributed by atoms with Crippen molar-refractivity contribution in [3.05, 3.63) is 0 Å². The first-order valence-corrected chi connectivity index (χ1v) is 8.47. The van der Waals surface area contributed by atoms with Gasteiger partial charge in [-0.15, -0.1) is 0 Å². The van der Waals surface area contributed by atoms with Crippen LogP contribution in [0.2, 0.25) is 19.6 Å². The Labute approximate surface area is 91.3 Å². The maximum atomic E-state index is 11.3. The van der Waals surface area contributed by atoms with Crippen LogP contribution in [0, 0.1) is 0 Å². The molecule has 1 saturated heterocycles. The second kappa shape index (κ2) is 4.61. The van der Waals surface area contributed by atoms with Crippen LogP contribution in [0.25, 0.3) is 0 Å². The number of methoxy groups -OCH3 is 1. The van der Waals surface area contributed by atoms with Crippen molar-refractivity contribution in [3.63, 3.8) is 0 Å². The fraction of sp³-hybridized carbons (Fsp3) is 0.889. The Hall–Kier alpha value is -0.433. The van der Waals surface area contributed by atoms with Crippen LogP contribution in [0.15, 0.2) is 0 Å². The zero-order valence-corrected chi connectivity index (χ0v) is 10.9. The summed E-state index contributed by atoms with van der Waals surface area (Å²) in [6.45, 7) is 8.15. The number of rotatable bonds is 3. The molecule has 2 atom stereocenters. The van der Waals surface area contributed by atoms with Crippen LogP contribution >= 0.6 is 0 Å². The summed E-state index contributed by atoms with van der Waals surface area (Å²) >= 11 is 0. The van der Waals surface area contributed by atoms with E-state index in [1.807, 2.05) is 6.92 Å². The van der Waals surface area contributed by atoms with Gasteiger partial charge in [0.05, 0.1) is 13.2 Å². The van der Waals surface area contributed by atoms with Crippen molar-refractivity contribution < 1.29 is 18.9 Å². The minimum atomic E-state index is -1.69. The fourth-order valence-electron chi connectivity index (χ4n) is 1.32. The van der Waals surface area contributed by atoms with Crippen LogP contribution in [-0.2, 0) is 18.9 Å². The van der Waals surface area contributed by atoms with E-state index in [9.17, 15) is 4.79 Å². The normalized spacial score (nSPS) is 28.1. The first kappa shape index (κ1) is 12.6. The molecule has 0 bridgehead atoms. The highest BCUT2D eigenvalue weighted by molar-refractivity contribution is 6.69. The molecule has 0 saturated carbocycles. The van der Waals surface area contributed by atoms with Crippen LogP contribution < -0.4 is 0 Å². The Bertz CT molecular complexity index is 241. The van der Waals surface area contributed by atoms with Gasteiger partial charge in [0.2, 0.25) is 8.32 Å². The second-order valence-corrected chi connectivity index (χ2v) is 9.10. The van der Waals surface area contributed by atoms with Gasteiger partial charge in [-0.3, -0.25) is 4.84 Å². The molecule has 0 aromatic heterocycles. The van der Waals surface area contributed by atoms with Gasteiger partial charge in [-0.05, 0) is 26.6 Å². The summed E-state index contributed by atoms with van der Waals surface area (Å²) in [5.74, 6) is -0.344. The highest BCUT2D eigenvalue weighted by atomic mass is 28.4. The molecule has 5 nitrogen and oxygen atoms in total. The van der Waals surface area contributed by atoms with Crippen molar-refractivity contribution in [2.24, 2.45) is 0 Å². The van der Waals surface area contributed by atoms with Gasteiger partial charge in [0.15, 0.2) is 6.10 Å². The summed E-state index contributed by atoms with van der Waals surface area (Å²) in [5.41, 5.74) is 0. The number of esters is 1. The molecular formula is C9H19NO4Si. The molecule has 0 spiro atoms. The molecule has 0 aromatic carbocycles. The lowest BCUT2D eigenvalue weighted by Crippen LogP contribution is -2.39. The van der Waals surface area contributed by atoms with Gasteiger partial charge in [-0.25, -0.2) is 4.79 Å². The van der Waals surface area contributed by atoms with E-state index in [0.29, 0.717) is 6.42 Å². The molecule has 0 aromatic rings.